The molecule has 0 atom stereocenters. The first-order chi connectivity index (χ1) is 9.58. The van der Waals surface area contributed by atoms with Gasteiger partial charge in [-0.3, -0.25) is 25.2 Å². The van der Waals surface area contributed by atoms with Gasteiger partial charge >= 0.3 is 0 Å². The molecule has 0 unspecified atom stereocenters. The standard InChI is InChI=1S/C12H12FN3O3S/c13-9-4-2-1-3-8(9)12(19)15-14-10(17)5-16-7-20-6-11(16)18/h1-4H,5-7H2,(H,14,17)(H,15,19). The average Bonchev–Trinajstić information content (AvgIpc) is 2.82. The van der Waals surface area contributed by atoms with E-state index in [4.69, 9.17) is 0 Å². The highest BCUT2D eigenvalue weighted by Crippen LogP contribution is 2.13. The number of nitrogens with one attached hydrogen (secondary N) is 2. The summed E-state index contributed by atoms with van der Waals surface area (Å²) in [6.07, 6.45) is 0. The zero-order valence-electron chi connectivity index (χ0n) is 10.4. The molecular weight excluding hydrogens is 285 g/mol. The molecule has 1 aliphatic rings. The lowest BCUT2D eigenvalue weighted by Crippen LogP contribution is -2.46. The van der Waals surface area contributed by atoms with Crippen molar-refractivity contribution in [2.75, 3.05) is 18.2 Å². The van der Waals surface area contributed by atoms with Gasteiger partial charge in [0.2, 0.25) is 5.91 Å². The monoisotopic (exact) mass is 297 g/mol. The minimum absolute atomic E-state index is 0.120. The van der Waals surface area contributed by atoms with E-state index in [1.807, 2.05) is 0 Å². The molecule has 8 heteroatoms. The zero-order chi connectivity index (χ0) is 14.5. The summed E-state index contributed by atoms with van der Waals surface area (Å²) in [5.41, 5.74) is 4.09. The molecule has 1 aromatic rings. The summed E-state index contributed by atoms with van der Waals surface area (Å²) in [6, 6.07) is 5.43. The smallest absolute Gasteiger partial charge is 0.272 e. The van der Waals surface area contributed by atoms with Crippen molar-refractivity contribution in [2.24, 2.45) is 0 Å². The number of benzene rings is 1. The second-order valence-corrected chi connectivity index (χ2v) is 5.01. The van der Waals surface area contributed by atoms with E-state index in [0.29, 0.717) is 11.6 Å². The Labute approximate surface area is 118 Å². The van der Waals surface area contributed by atoms with Gasteiger partial charge in [-0.1, -0.05) is 12.1 Å². The van der Waals surface area contributed by atoms with Crippen LogP contribution in [0.25, 0.3) is 0 Å². The van der Waals surface area contributed by atoms with E-state index in [1.165, 1.54) is 34.9 Å². The number of hydrazine groups is 1. The molecule has 20 heavy (non-hydrogen) atoms. The normalized spacial score (nSPS) is 14.2. The molecule has 6 nitrogen and oxygen atoms in total. The van der Waals surface area contributed by atoms with Crippen molar-refractivity contribution in [3.63, 3.8) is 0 Å². The number of rotatable bonds is 3. The summed E-state index contributed by atoms with van der Waals surface area (Å²) in [7, 11) is 0. The van der Waals surface area contributed by atoms with E-state index < -0.39 is 17.6 Å². The molecule has 1 heterocycles. The zero-order valence-corrected chi connectivity index (χ0v) is 11.2. The van der Waals surface area contributed by atoms with Crippen LogP contribution in [-0.2, 0) is 9.59 Å². The maximum atomic E-state index is 13.3. The van der Waals surface area contributed by atoms with Crippen LogP contribution in [0.5, 0.6) is 0 Å². The van der Waals surface area contributed by atoms with Crippen molar-refractivity contribution in [2.45, 2.75) is 0 Å². The van der Waals surface area contributed by atoms with Crippen LogP contribution in [0.4, 0.5) is 4.39 Å². The Hall–Kier alpha value is -2.09. The molecule has 1 fully saturated rings. The van der Waals surface area contributed by atoms with Crippen LogP contribution in [-0.4, -0.2) is 40.8 Å². The second kappa shape index (κ2) is 6.38. The first-order valence-corrected chi connectivity index (χ1v) is 6.92. The number of carbonyl (C=O) groups excluding carboxylic acids is 3. The van der Waals surface area contributed by atoms with Gasteiger partial charge in [0.05, 0.1) is 17.2 Å². The molecule has 3 amide bonds. The van der Waals surface area contributed by atoms with Crippen molar-refractivity contribution < 1.29 is 18.8 Å². The van der Waals surface area contributed by atoms with Crippen molar-refractivity contribution >= 4 is 29.5 Å². The van der Waals surface area contributed by atoms with E-state index >= 15 is 0 Å². The van der Waals surface area contributed by atoms with Gasteiger partial charge in [0.1, 0.15) is 12.4 Å². The van der Waals surface area contributed by atoms with Gasteiger partial charge < -0.3 is 4.90 Å². The maximum Gasteiger partial charge on any atom is 0.272 e. The summed E-state index contributed by atoms with van der Waals surface area (Å²) in [5.74, 6) is -1.28. The van der Waals surface area contributed by atoms with Gasteiger partial charge in [-0.2, -0.15) is 0 Å². The van der Waals surface area contributed by atoms with E-state index in [1.54, 1.807) is 0 Å². The molecular formula is C12H12FN3O3S. The predicted molar refractivity (Wildman–Crippen MR) is 71.0 cm³/mol. The Kier molecular flexibility index (Phi) is 4.57. The minimum atomic E-state index is -0.751. The molecule has 1 aromatic carbocycles. The number of thioether (sulfide) groups is 1. The van der Waals surface area contributed by atoms with Gasteiger partial charge in [-0.05, 0) is 12.1 Å². The highest BCUT2D eigenvalue weighted by atomic mass is 32.2. The Morgan fingerprint density at radius 3 is 2.70 bits per heavy atom. The fraction of sp³-hybridized carbons (Fsp3) is 0.250. The van der Waals surface area contributed by atoms with Crippen LogP contribution in [0, 0.1) is 5.82 Å². The number of carbonyl (C=O) groups is 3. The molecule has 0 aliphatic carbocycles. The van der Waals surface area contributed by atoms with Gasteiger partial charge in [-0.15, -0.1) is 11.8 Å². The Bertz CT molecular complexity index is 553. The van der Waals surface area contributed by atoms with Crippen molar-refractivity contribution in [3.8, 4) is 0 Å². The fourth-order valence-corrected chi connectivity index (χ4v) is 2.50. The molecule has 0 aromatic heterocycles. The molecule has 0 spiro atoms. The van der Waals surface area contributed by atoms with E-state index in [-0.39, 0.29) is 18.0 Å². The van der Waals surface area contributed by atoms with Crippen LogP contribution in [0.3, 0.4) is 0 Å². The third kappa shape index (κ3) is 3.47. The minimum Gasteiger partial charge on any atom is -0.323 e. The predicted octanol–water partition coefficient (Wildman–Crippen LogP) is 0.120. The lowest BCUT2D eigenvalue weighted by atomic mass is 10.2. The van der Waals surface area contributed by atoms with Crippen LogP contribution in [0.1, 0.15) is 10.4 Å². The highest BCUT2D eigenvalue weighted by Gasteiger charge is 2.23. The molecule has 2 rings (SSSR count). The van der Waals surface area contributed by atoms with Crippen LogP contribution in [0.15, 0.2) is 24.3 Å². The largest absolute Gasteiger partial charge is 0.323 e. The lowest BCUT2D eigenvalue weighted by molar-refractivity contribution is -0.132. The highest BCUT2D eigenvalue weighted by molar-refractivity contribution is 8.00. The average molecular weight is 297 g/mol. The summed E-state index contributed by atoms with van der Waals surface area (Å²) in [5, 5.41) is 0. The molecule has 0 saturated carbocycles. The van der Waals surface area contributed by atoms with Gasteiger partial charge in [0.25, 0.3) is 11.8 Å². The number of amides is 3. The second-order valence-electron chi connectivity index (χ2n) is 4.05. The van der Waals surface area contributed by atoms with Gasteiger partial charge in [-0.25, -0.2) is 4.39 Å². The van der Waals surface area contributed by atoms with Crippen molar-refractivity contribution in [1.29, 1.82) is 0 Å². The molecule has 0 bridgehead atoms. The molecule has 1 aliphatic heterocycles. The Morgan fingerprint density at radius 1 is 1.30 bits per heavy atom. The third-order valence-electron chi connectivity index (χ3n) is 2.59. The molecule has 106 valence electrons. The number of hydrogen-bond acceptors (Lipinski definition) is 4. The summed E-state index contributed by atoms with van der Waals surface area (Å²) < 4.78 is 13.3. The van der Waals surface area contributed by atoms with Crippen LogP contribution >= 0.6 is 11.8 Å². The summed E-state index contributed by atoms with van der Waals surface area (Å²) in [4.78, 5) is 35.8. The first kappa shape index (κ1) is 14.3. The van der Waals surface area contributed by atoms with Crippen LogP contribution in [0.2, 0.25) is 0 Å². The maximum absolute atomic E-state index is 13.3. The number of halogens is 1. The fourth-order valence-electron chi connectivity index (χ4n) is 1.59. The van der Waals surface area contributed by atoms with Crippen molar-refractivity contribution in [1.82, 2.24) is 15.8 Å². The van der Waals surface area contributed by atoms with Crippen LogP contribution < -0.4 is 10.9 Å². The number of nitrogens with zero attached hydrogens (tertiary/aromatic N) is 1. The molecule has 0 radical (unpaired) electrons. The quantitative estimate of drug-likeness (QED) is 0.777. The Morgan fingerprint density at radius 2 is 2.05 bits per heavy atom. The topological polar surface area (TPSA) is 78.5 Å². The van der Waals surface area contributed by atoms with Gasteiger partial charge in [0.15, 0.2) is 0 Å². The Balaban J connectivity index is 1.83. The van der Waals surface area contributed by atoms with Gasteiger partial charge in [0, 0.05) is 0 Å². The lowest BCUT2D eigenvalue weighted by Gasteiger charge is -2.14. The van der Waals surface area contributed by atoms with E-state index in [9.17, 15) is 18.8 Å². The SMILES string of the molecule is O=C(CN1CSCC1=O)NNC(=O)c1ccccc1F. The number of hydrogen-bond donors (Lipinski definition) is 2. The van der Waals surface area contributed by atoms with E-state index in [2.05, 4.69) is 10.9 Å². The third-order valence-corrected chi connectivity index (χ3v) is 3.54. The van der Waals surface area contributed by atoms with E-state index in [0.717, 1.165) is 6.07 Å². The summed E-state index contributed by atoms with van der Waals surface area (Å²) >= 11 is 1.41. The summed E-state index contributed by atoms with van der Waals surface area (Å²) in [6.45, 7) is -0.136. The van der Waals surface area contributed by atoms with Crippen molar-refractivity contribution in [3.05, 3.63) is 35.6 Å². The molecule has 2 N–H and O–H groups in total. The molecule has 1 saturated heterocycles. The first-order valence-electron chi connectivity index (χ1n) is 5.77.